The molecule has 0 fully saturated rings. The molecular formula is C23H24N6O3. The summed E-state index contributed by atoms with van der Waals surface area (Å²) >= 11 is 0. The Morgan fingerprint density at radius 1 is 1.09 bits per heavy atom. The highest BCUT2D eigenvalue weighted by Crippen LogP contribution is 2.25. The second-order valence-corrected chi connectivity index (χ2v) is 7.29. The fourth-order valence-corrected chi connectivity index (χ4v) is 3.44. The summed E-state index contributed by atoms with van der Waals surface area (Å²) in [4.78, 5) is 29.1. The zero-order valence-corrected chi connectivity index (χ0v) is 17.7. The largest absolute Gasteiger partial charge is 0.461 e. The molecule has 1 amide bonds. The lowest BCUT2D eigenvalue weighted by Gasteiger charge is -2.22. The molecule has 1 aliphatic rings. The van der Waals surface area contributed by atoms with Gasteiger partial charge in [-0.25, -0.2) is 14.5 Å². The van der Waals surface area contributed by atoms with Crippen LogP contribution in [0.4, 0.5) is 5.69 Å². The molecular weight excluding hydrogens is 408 g/mol. The summed E-state index contributed by atoms with van der Waals surface area (Å²) in [6, 6.07) is 16.6. The summed E-state index contributed by atoms with van der Waals surface area (Å²) < 4.78 is 6.82. The smallest absolute Gasteiger partial charge is 0.354 e. The number of hydrazone groups is 1. The Hall–Kier alpha value is -4.01. The number of nitrogens with one attached hydrogen (secondary N) is 1. The van der Waals surface area contributed by atoms with E-state index in [4.69, 9.17) is 4.74 Å². The second kappa shape index (κ2) is 9.86. The molecule has 0 saturated heterocycles. The van der Waals surface area contributed by atoms with Gasteiger partial charge in [-0.3, -0.25) is 9.80 Å². The van der Waals surface area contributed by atoms with Gasteiger partial charge >= 0.3 is 5.97 Å². The van der Waals surface area contributed by atoms with E-state index in [0.717, 1.165) is 16.8 Å². The number of amides is 1. The van der Waals surface area contributed by atoms with Gasteiger partial charge < -0.3 is 10.1 Å². The zero-order chi connectivity index (χ0) is 22.3. The van der Waals surface area contributed by atoms with Crippen LogP contribution in [0.2, 0.25) is 0 Å². The first-order valence-corrected chi connectivity index (χ1v) is 10.4. The fourth-order valence-electron chi connectivity index (χ4n) is 3.44. The van der Waals surface area contributed by atoms with Crippen LogP contribution in [0.1, 0.15) is 24.5 Å². The lowest BCUT2D eigenvalue weighted by molar-refractivity contribution is -0.135. The zero-order valence-electron chi connectivity index (χ0n) is 17.7. The number of hydrogen-bond acceptors (Lipinski definition) is 7. The second-order valence-electron chi connectivity index (χ2n) is 7.29. The van der Waals surface area contributed by atoms with Gasteiger partial charge in [0.15, 0.2) is 0 Å². The van der Waals surface area contributed by atoms with Crippen molar-refractivity contribution in [2.24, 2.45) is 5.10 Å². The SMILES string of the molecule is CCOC(=O)C1=NN(c2ccccc2)C(C(=O)NCc2ccc(Cn3cncn3)cc2)C1. The van der Waals surface area contributed by atoms with Gasteiger partial charge in [-0.05, 0) is 30.2 Å². The van der Waals surface area contributed by atoms with E-state index >= 15 is 0 Å². The van der Waals surface area contributed by atoms with E-state index < -0.39 is 12.0 Å². The highest BCUT2D eigenvalue weighted by Gasteiger charge is 2.36. The van der Waals surface area contributed by atoms with E-state index in [0.29, 0.717) is 13.1 Å². The van der Waals surface area contributed by atoms with Gasteiger partial charge in [-0.1, -0.05) is 42.5 Å². The van der Waals surface area contributed by atoms with Crippen molar-refractivity contribution in [1.29, 1.82) is 0 Å². The molecule has 1 atom stereocenters. The molecule has 0 bridgehead atoms. The summed E-state index contributed by atoms with van der Waals surface area (Å²) in [6.45, 7) is 3.00. The predicted octanol–water partition coefficient (Wildman–Crippen LogP) is 2.14. The lowest BCUT2D eigenvalue weighted by atomic mass is 10.1. The summed E-state index contributed by atoms with van der Waals surface area (Å²) in [5, 5.41) is 13.0. The van der Waals surface area contributed by atoms with Crippen LogP contribution in [0.3, 0.4) is 0 Å². The monoisotopic (exact) mass is 432 g/mol. The van der Waals surface area contributed by atoms with Crippen LogP contribution in [0, 0.1) is 0 Å². The lowest BCUT2D eigenvalue weighted by Crippen LogP contribution is -2.42. The van der Waals surface area contributed by atoms with E-state index in [-0.39, 0.29) is 24.6 Å². The first kappa shape index (κ1) is 21.2. The van der Waals surface area contributed by atoms with Gasteiger partial charge in [0.25, 0.3) is 0 Å². The molecule has 2 aromatic carbocycles. The molecule has 1 N–H and O–H groups in total. The molecule has 0 radical (unpaired) electrons. The third kappa shape index (κ3) is 5.00. The molecule has 4 rings (SSSR count). The number of carbonyl (C=O) groups excluding carboxylic acids is 2. The molecule has 0 aliphatic carbocycles. The molecule has 1 unspecified atom stereocenters. The topological polar surface area (TPSA) is 102 Å². The number of rotatable bonds is 8. The van der Waals surface area contributed by atoms with Gasteiger partial charge in [0.1, 0.15) is 24.4 Å². The van der Waals surface area contributed by atoms with Crippen molar-refractivity contribution >= 4 is 23.3 Å². The number of hydrogen-bond donors (Lipinski definition) is 1. The Kier molecular flexibility index (Phi) is 6.54. The Morgan fingerprint density at radius 3 is 2.53 bits per heavy atom. The fraction of sp³-hybridized carbons (Fsp3) is 0.261. The van der Waals surface area contributed by atoms with Crippen molar-refractivity contribution in [1.82, 2.24) is 20.1 Å². The highest BCUT2D eigenvalue weighted by atomic mass is 16.5. The van der Waals surface area contributed by atoms with Crippen molar-refractivity contribution in [3.8, 4) is 0 Å². The minimum absolute atomic E-state index is 0.191. The Labute approximate surface area is 185 Å². The number of nitrogens with zero attached hydrogens (tertiary/aromatic N) is 5. The molecule has 0 spiro atoms. The van der Waals surface area contributed by atoms with E-state index in [1.807, 2.05) is 54.6 Å². The van der Waals surface area contributed by atoms with E-state index in [1.165, 1.54) is 6.33 Å². The Balaban J connectivity index is 1.40. The van der Waals surface area contributed by atoms with Crippen LogP contribution in [0.25, 0.3) is 0 Å². The third-order valence-electron chi connectivity index (χ3n) is 5.05. The van der Waals surface area contributed by atoms with Crippen LogP contribution < -0.4 is 10.3 Å². The first-order valence-electron chi connectivity index (χ1n) is 10.4. The van der Waals surface area contributed by atoms with Crippen molar-refractivity contribution in [2.45, 2.75) is 32.5 Å². The van der Waals surface area contributed by atoms with Crippen LogP contribution >= 0.6 is 0 Å². The molecule has 9 nitrogen and oxygen atoms in total. The number of anilines is 1. The van der Waals surface area contributed by atoms with Crippen molar-refractivity contribution in [3.05, 3.63) is 78.4 Å². The van der Waals surface area contributed by atoms with Gasteiger partial charge in [0.2, 0.25) is 5.91 Å². The summed E-state index contributed by atoms with van der Waals surface area (Å²) in [5.74, 6) is -0.699. The van der Waals surface area contributed by atoms with Gasteiger partial charge in [-0.2, -0.15) is 10.2 Å². The number of esters is 1. The number of ether oxygens (including phenoxy) is 1. The maximum Gasteiger partial charge on any atom is 0.354 e. The Bertz CT molecular complexity index is 1080. The molecule has 2 heterocycles. The summed E-state index contributed by atoms with van der Waals surface area (Å²) in [6.07, 6.45) is 3.36. The van der Waals surface area contributed by atoms with Crippen LogP contribution in [-0.4, -0.2) is 45.0 Å². The maximum atomic E-state index is 13.0. The predicted molar refractivity (Wildman–Crippen MR) is 119 cm³/mol. The average molecular weight is 432 g/mol. The van der Waals surface area contributed by atoms with Crippen LogP contribution in [0.5, 0.6) is 0 Å². The van der Waals surface area contributed by atoms with E-state index in [9.17, 15) is 9.59 Å². The Morgan fingerprint density at radius 2 is 1.84 bits per heavy atom. The van der Waals surface area contributed by atoms with E-state index in [1.54, 1.807) is 22.9 Å². The molecule has 32 heavy (non-hydrogen) atoms. The van der Waals surface area contributed by atoms with E-state index in [2.05, 4.69) is 20.5 Å². The van der Waals surface area contributed by atoms with Crippen molar-refractivity contribution in [3.63, 3.8) is 0 Å². The van der Waals surface area contributed by atoms with Gasteiger partial charge in [0, 0.05) is 13.0 Å². The molecule has 1 aliphatic heterocycles. The number of para-hydroxylation sites is 1. The molecule has 0 saturated carbocycles. The minimum atomic E-state index is -0.622. The number of carbonyl (C=O) groups is 2. The van der Waals surface area contributed by atoms with Crippen molar-refractivity contribution in [2.75, 3.05) is 11.6 Å². The standard InChI is InChI=1S/C23H24N6O3/c1-2-32-23(31)20-12-21(29(27-20)19-6-4-3-5-7-19)22(30)25-13-17-8-10-18(11-9-17)14-28-16-24-15-26-28/h3-11,15-16,21H,2,12-14H2,1H3,(H,25,30). The first-order chi connectivity index (χ1) is 15.6. The third-order valence-corrected chi connectivity index (χ3v) is 5.05. The molecule has 9 heteroatoms. The minimum Gasteiger partial charge on any atom is -0.461 e. The van der Waals surface area contributed by atoms with Gasteiger partial charge in [0.05, 0.1) is 18.8 Å². The normalized spacial score (nSPS) is 15.3. The highest BCUT2D eigenvalue weighted by molar-refractivity contribution is 6.38. The summed E-state index contributed by atoms with van der Waals surface area (Å²) in [5.41, 5.74) is 3.04. The quantitative estimate of drug-likeness (QED) is 0.547. The molecule has 3 aromatic rings. The number of benzene rings is 2. The van der Waals surface area contributed by atoms with Crippen molar-refractivity contribution < 1.29 is 14.3 Å². The number of aromatic nitrogens is 3. The van der Waals surface area contributed by atoms with Gasteiger partial charge in [-0.15, -0.1) is 0 Å². The molecule has 164 valence electrons. The maximum absolute atomic E-state index is 13.0. The van der Waals surface area contributed by atoms with Crippen LogP contribution in [-0.2, 0) is 27.4 Å². The average Bonchev–Trinajstić information content (AvgIpc) is 3.49. The molecule has 1 aromatic heterocycles. The summed E-state index contributed by atoms with van der Waals surface area (Å²) in [7, 11) is 0. The van der Waals surface area contributed by atoms with Crippen LogP contribution in [0.15, 0.2) is 72.4 Å².